The van der Waals surface area contributed by atoms with E-state index in [0.29, 0.717) is 5.69 Å². The lowest BCUT2D eigenvalue weighted by molar-refractivity contribution is -0.122. The number of rotatable bonds is 6. The lowest BCUT2D eigenvalue weighted by atomic mass is 10.2. The summed E-state index contributed by atoms with van der Waals surface area (Å²) < 4.78 is 1.54. The van der Waals surface area contributed by atoms with Gasteiger partial charge in [0.05, 0.1) is 11.9 Å². The number of carbonyl (C=O) groups excluding carboxylic acids is 1. The number of anilines is 1. The van der Waals surface area contributed by atoms with Gasteiger partial charge in [-0.2, -0.15) is 16.9 Å². The van der Waals surface area contributed by atoms with Crippen LogP contribution in [0.25, 0.3) is 0 Å². The van der Waals surface area contributed by atoms with E-state index >= 15 is 0 Å². The van der Waals surface area contributed by atoms with Crippen LogP contribution in [0.2, 0.25) is 0 Å². The van der Waals surface area contributed by atoms with Crippen molar-refractivity contribution in [1.29, 1.82) is 0 Å². The number of nitrogens with one attached hydrogen (secondary N) is 1. The predicted octanol–water partition coefficient (Wildman–Crippen LogP) is 0.723. The molecule has 0 aromatic carbocycles. The van der Waals surface area contributed by atoms with Gasteiger partial charge in [0, 0.05) is 18.0 Å². The highest BCUT2D eigenvalue weighted by atomic mass is 32.2. The number of nitrogens with zero attached hydrogens (tertiary/aromatic N) is 2. The minimum absolute atomic E-state index is 0.0241. The van der Waals surface area contributed by atoms with Gasteiger partial charge in [-0.25, -0.2) is 0 Å². The minimum Gasteiger partial charge on any atom is -0.396 e. The highest BCUT2D eigenvalue weighted by molar-refractivity contribution is 7.98. The van der Waals surface area contributed by atoms with Crippen molar-refractivity contribution < 1.29 is 4.79 Å². The van der Waals surface area contributed by atoms with Crippen LogP contribution in [-0.2, 0) is 11.3 Å². The first-order valence-electron chi connectivity index (χ1n) is 5.22. The summed E-state index contributed by atoms with van der Waals surface area (Å²) in [4.78, 5) is 11.6. The number of nitrogen functional groups attached to an aromatic ring is 1. The minimum atomic E-state index is -0.0241. The number of amides is 1. The molecule has 1 amide bonds. The number of thioether (sulfide) groups is 1. The third-order valence-electron chi connectivity index (χ3n) is 2.18. The van der Waals surface area contributed by atoms with Crippen molar-refractivity contribution in [2.75, 3.05) is 17.7 Å². The molecule has 0 aliphatic rings. The van der Waals surface area contributed by atoms with Crippen molar-refractivity contribution in [2.24, 2.45) is 0 Å². The standard InChI is InChI=1S/C10H18N4OS/c1-3-9(7-16-2)13-10(15)6-14-5-8(11)4-12-14/h4-5,9H,3,6-7,11H2,1-2H3,(H,13,15). The zero-order valence-corrected chi connectivity index (χ0v) is 10.5. The summed E-state index contributed by atoms with van der Waals surface area (Å²) in [7, 11) is 0. The van der Waals surface area contributed by atoms with Gasteiger partial charge >= 0.3 is 0 Å². The van der Waals surface area contributed by atoms with E-state index in [-0.39, 0.29) is 18.5 Å². The van der Waals surface area contributed by atoms with E-state index in [4.69, 9.17) is 5.73 Å². The Labute approximate surface area is 99.8 Å². The van der Waals surface area contributed by atoms with Crippen molar-refractivity contribution in [3.63, 3.8) is 0 Å². The summed E-state index contributed by atoms with van der Waals surface area (Å²) in [6.45, 7) is 2.29. The van der Waals surface area contributed by atoms with E-state index in [0.717, 1.165) is 12.2 Å². The smallest absolute Gasteiger partial charge is 0.241 e. The second kappa shape index (κ2) is 6.42. The lowest BCUT2D eigenvalue weighted by Crippen LogP contribution is -2.38. The lowest BCUT2D eigenvalue weighted by Gasteiger charge is -2.15. The van der Waals surface area contributed by atoms with Crippen LogP contribution in [0.1, 0.15) is 13.3 Å². The third-order valence-corrected chi connectivity index (χ3v) is 2.92. The first-order valence-corrected chi connectivity index (χ1v) is 6.61. The predicted molar refractivity (Wildman–Crippen MR) is 67.2 cm³/mol. The molecule has 3 N–H and O–H groups in total. The number of aromatic nitrogens is 2. The molecule has 90 valence electrons. The van der Waals surface area contributed by atoms with Crippen LogP contribution in [0.15, 0.2) is 12.4 Å². The van der Waals surface area contributed by atoms with Gasteiger partial charge in [-0.1, -0.05) is 6.92 Å². The molecule has 0 aliphatic heterocycles. The molecule has 0 fully saturated rings. The molecule has 0 aliphatic carbocycles. The highest BCUT2D eigenvalue weighted by Gasteiger charge is 2.10. The van der Waals surface area contributed by atoms with Crippen LogP contribution in [0.3, 0.4) is 0 Å². The second-order valence-electron chi connectivity index (χ2n) is 3.60. The number of nitrogens with two attached hydrogens (primary N) is 1. The molecule has 1 aromatic heterocycles. The Hall–Kier alpha value is -1.17. The van der Waals surface area contributed by atoms with Crippen molar-refractivity contribution in [1.82, 2.24) is 15.1 Å². The van der Waals surface area contributed by atoms with Crippen molar-refractivity contribution in [3.05, 3.63) is 12.4 Å². The van der Waals surface area contributed by atoms with Gasteiger partial charge in [-0.3, -0.25) is 9.48 Å². The summed E-state index contributed by atoms with van der Waals surface area (Å²) in [5.41, 5.74) is 6.08. The van der Waals surface area contributed by atoms with Gasteiger partial charge < -0.3 is 11.1 Å². The van der Waals surface area contributed by atoms with Gasteiger partial charge in [0.2, 0.25) is 5.91 Å². The fraction of sp³-hybridized carbons (Fsp3) is 0.600. The maximum absolute atomic E-state index is 11.6. The van der Waals surface area contributed by atoms with E-state index in [1.54, 1.807) is 18.0 Å². The van der Waals surface area contributed by atoms with Crippen LogP contribution in [-0.4, -0.2) is 33.7 Å². The van der Waals surface area contributed by atoms with Crippen LogP contribution in [0, 0.1) is 0 Å². The number of hydrogen-bond donors (Lipinski definition) is 2. The number of carbonyl (C=O) groups is 1. The van der Waals surface area contributed by atoms with Crippen LogP contribution < -0.4 is 11.1 Å². The second-order valence-corrected chi connectivity index (χ2v) is 4.51. The van der Waals surface area contributed by atoms with Crippen LogP contribution in [0.4, 0.5) is 5.69 Å². The summed E-state index contributed by atoms with van der Waals surface area (Å²) in [5, 5.41) is 6.92. The molecule has 16 heavy (non-hydrogen) atoms. The molecule has 5 nitrogen and oxygen atoms in total. The van der Waals surface area contributed by atoms with E-state index in [1.165, 1.54) is 10.9 Å². The quantitative estimate of drug-likeness (QED) is 0.771. The average molecular weight is 242 g/mol. The van der Waals surface area contributed by atoms with E-state index in [2.05, 4.69) is 17.3 Å². The van der Waals surface area contributed by atoms with Gasteiger partial charge in [0.15, 0.2) is 0 Å². The molecule has 1 unspecified atom stereocenters. The monoisotopic (exact) mass is 242 g/mol. The summed E-state index contributed by atoms with van der Waals surface area (Å²) >= 11 is 1.73. The molecule has 1 rings (SSSR count). The van der Waals surface area contributed by atoms with E-state index < -0.39 is 0 Å². The Morgan fingerprint density at radius 1 is 1.75 bits per heavy atom. The normalized spacial score (nSPS) is 12.4. The largest absolute Gasteiger partial charge is 0.396 e. The molecular formula is C10H18N4OS. The summed E-state index contributed by atoms with van der Waals surface area (Å²) in [6, 6.07) is 0.232. The Bertz CT molecular complexity index is 339. The molecule has 1 heterocycles. The van der Waals surface area contributed by atoms with Gasteiger partial charge in [0.1, 0.15) is 6.54 Å². The zero-order chi connectivity index (χ0) is 12.0. The van der Waals surface area contributed by atoms with E-state index in [9.17, 15) is 4.79 Å². The molecule has 0 bridgehead atoms. The maximum Gasteiger partial charge on any atom is 0.241 e. The SMILES string of the molecule is CCC(CSC)NC(=O)Cn1cc(N)cn1. The maximum atomic E-state index is 11.6. The van der Waals surface area contributed by atoms with Crippen LogP contribution >= 0.6 is 11.8 Å². The summed E-state index contributed by atoms with van der Waals surface area (Å²) in [6.07, 6.45) is 6.15. The molecule has 1 atom stereocenters. The Balaban J connectivity index is 2.40. The zero-order valence-electron chi connectivity index (χ0n) is 9.64. The Kier molecular flexibility index (Phi) is 5.18. The van der Waals surface area contributed by atoms with Crippen LogP contribution in [0.5, 0.6) is 0 Å². The fourth-order valence-electron chi connectivity index (χ4n) is 1.35. The average Bonchev–Trinajstić information content (AvgIpc) is 2.63. The first-order chi connectivity index (χ1) is 7.65. The Morgan fingerprint density at radius 3 is 3.00 bits per heavy atom. The van der Waals surface area contributed by atoms with Gasteiger partial charge in [-0.05, 0) is 12.7 Å². The molecular weight excluding hydrogens is 224 g/mol. The molecule has 0 spiro atoms. The Morgan fingerprint density at radius 2 is 2.50 bits per heavy atom. The molecule has 0 radical (unpaired) electrons. The molecule has 0 saturated heterocycles. The molecule has 0 saturated carbocycles. The van der Waals surface area contributed by atoms with Crippen molar-refractivity contribution in [2.45, 2.75) is 25.9 Å². The van der Waals surface area contributed by atoms with Crippen molar-refractivity contribution in [3.8, 4) is 0 Å². The molecule has 1 aromatic rings. The third kappa shape index (κ3) is 4.14. The first kappa shape index (κ1) is 12.9. The number of hydrogen-bond acceptors (Lipinski definition) is 4. The highest BCUT2D eigenvalue weighted by Crippen LogP contribution is 2.02. The van der Waals surface area contributed by atoms with Gasteiger partial charge in [0.25, 0.3) is 0 Å². The van der Waals surface area contributed by atoms with Gasteiger partial charge in [-0.15, -0.1) is 0 Å². The van der Waals surface area contributed by atoms with Crippen molar-refractivity contribution >= 4 is 23.4 Å². The molecule has 6 heteroatoms. The summed E-state index contributed by atoms with van der Waals surface area (Å²) in [5.74, 6) is 0.910. The topological polar surface area (TPSA) is 72.9 Å². The fourth-order valence-corrected chi connectivity index (χ4v) is 2.07. The van der Waals surface area contributed by atoms with E-state index in [1.807, 2.05) is 6.26 Å².